The maximum atomic E-state index is 13.4. The second-order valence-corrected chi connectivity index (χ2v) is 15.6. The molecule has 2 unspecified atom stereocenters. The van der Waals surface area contributed by atoms with Crippen LogP contribution in [0.25, 0.3) is 0 Å². The van der Waals surface area contributed by atoms with E-state index in [9.17, 15) is 26.3 Å². The highest BCUT2D eigenvalue weighted by Crippen LogP contribution is 2.40. The first-order valence-corrected chi connectivity index (χ1v) is 14.8. The van der Waals surface area contributed by atoms with E-state index in [1.807, 2.05) is 41.5 Å². The SMILES string of the molecule is CC(C)(C)Sc1cc(C(F)(F)F)ccc1/C=N/C1CCCCC1/N=C/c1ccc(C(F)(F)F)cc1SC(C)(C)C. The summed E-state index contributed by atoms with van der Waals surface area (Å²) in [6.07, 6.45) is -2.12. The zero-order chi connectivity index (χ0) is 29.9. The van der Waals surface area contributed by atoms with Gasteiger partial charge in [0.2, 0.25) is 0 Å². The Labute approximate surface area is 241 Å². The van der Waals surface area contributed by atoms with Crippen molar-refractivity contribution in [2.24, 2.45) is 9.98 Å². The van der Waals surface area contributed by atoms with Gasteiger partial charge in [0, 0.05) is 42.8 Å². The summed E-state index contributed by atoms with van der Waals surface area (Å²) in [6.45, 7) is 11.7. The molecule has 0 aromatic heterocycles. The highest BCUT2D eigenvalue weighted by molar-refractivity contribution is 8.01. The lowest BCUT2D eigenvalue weighted by molar-refractivity contribution is -0.138. The molecule has 0 amide bonds. The largest absolute Gasteiger partial charge is 0.416 e. The van der Waals surface area contributed by atoms with Crippen LogP contribution < -0.4 is 0 Å². The Balaban J connectivity index is 1.90. The Kier molecular flexibility index (Phi) is 10.2. The van der Waals surface area contributed by atoms with Gasteiger partial charge in [0.15, 0.2) is 0 Å². The van der Waals surface area contributed by atoms with E-state index in [4.69, 9.17) is 9.98 Å². The van der Waals surface area contributed by atoms with Gasteiger partial charge >= 0.3 is 12.4 Å². The number of nitrogens with zero attached hydrogens (tertiary/aromatic N) is 2. The van der Waals surface area contributed by atoms with Gasteiger partial charge in [-0.05, 0) is 37.1 Å². The van der Waals surface area contributed by atoms with Crippen molar-refractivity contribution in [1.82, 2.24) is 0 Å². The Morgan fingerprint density at radius 2 is 0.975 bits per heavy atom. The fourth-order valence-electron chi connectivity index (χ4n) is 4.26. The molecule has 1 aliphatic rings. The van der Waals surface area contributed by atoms with Crippen LogP contribution in [-0.2, 0) is 12.4 Å². The summed E-state index contributed by atoms with van der Waals surface area (Å²) in [4.78, 5) is 10.6. The molecule has 2 nitrogen and oxygen atoms in total. The Morgan fingerprint density at radius 1 is 0.625 bits per heavy atom. The van der Waals surface area contributed by atoms with Crippen molar-refractivity contribution in [3.05, 3.63) is 58.7 Å². The van der Waals surface area contributed by atoms with E-state index in [0.29, 0.717) is 20.9 Å². The number of thioether (sulfide) groups is 2. The Hall–Kier alpha value is -1.94. The fourth-order valence-corrected chi connectivity index (χ4v) is 6.43. The minimum Gasteiger partial charge on any atom is -0.287 e. The summed E-state index contributed by atoms with van der Waals surface area (Å²) >= 11 is 2.72. The third kappa shape index (κ3) is 9.86. The summed E-state index contributed by atoms with van der Waals surface area (Å²) < 4.78 is 79.6. The van der Waals surface area contributed by atoms with Crippen LogP contribution >= 0.6 is 23.5 Å². The summed E-state index contributed by atoms with van der Waals surface area (Å²) in [5, 5.41) is 0. The maximum Gasteiger partial charge on any atom is 0.416 e. The molecular formula is C30H36F6N2S2. The molecule has 2 atom stereocenters. The van der Waals surface area contributed by atoms with Gasteiger partial charge in [-0.3, -0.25) is 9.98 Å². The van der Waals surface area contributed by atoms with Crippen molar-refractivity contribution in [1.29, 1.82) is 0 Å². The summed E-state index contributed by atoms with van der Waals surface area (Å²) in [7, 11) is 0. The molecule has 1 aliphatic carbocycles. The molecule has 0 N–H and O–H groups in total. The maximum absolute atomic E-state index is 13.4. The van der Waals surface area contributed by atoms with Crippen LogP contribution in [0.2, 0.25) is 0 Å². The lowest BCUT2D eigenvalue weighted by Crippen LogP contribution is -2.27. The van der Waals surface area contributed by atoms with E-state index in [-0.39, 0.29) is 21.6 Å². The average Bonchev–Trinajstić information content (AvgIpc) is 2.79. The molecule has 0 heterocycles. The molecule has 1 fully saturated rings. The van der Waals surface area contributed by atoms with E-state index >= 15 is 0 Å². The van der Waals surface area contributed by atoms with Crippen LogP contribution in [0.5, 0.6) is 0 Å². The van der Waals surface area contributed by atoms with Crippen molar-refractivity contribution >= 4 is 36.0 Å². The van der Waals surface area contributed by atoms with Crippen molar-refractivity contribution in [3.8, 4) is 0 Å². The number of rotatable bonds is 6. The van der Waals surface area contributed by atoms with Gasteiger partial charge in [-0.1, -0.05) is 66.5 Å². The highest BCUT2D eigenvalue weighted by atomic mass is 32.2. The lowest BCUT2D eigenvalue weighted by Gasteiger charge is -2.26. The predicted octanol–water partition coefficient (Wildman–Crippen LogP) is 10.4. The van der Waals surface area contributed by atoms with Gasteiger partial charge < -0.3 is 0 Å². The van der Waals surface area contributed by atoms with Gasteiger partial charge in [0.1, 0.15) is 0 Å². The molecule has 0 radical (unpaired) electrons. The van der Waals surface area contributed by atoms with Crippen LogP contribution in [-0.4, -0.2) is 34.0 Å². The third-order valence-electron chi connectivity index (χ3n) is 6.02. The van der Waals surface area contributed by atoms with Crippen molar-refractivity contribution in [3.63, 3.8) is 0 Å². The average molecular weight is 603 g/mol. The normalized spacial score (nSPS) is 19.6. The summed E-state index contributed by atoms with van der Waals surface area (Å²) in [6, 6.07) is 7.06. The van der Waals surface area contributed by atoms with Gasteiger partial charge in [-0.15, -0.1) is 23.5 Å². The van der Waals surface area contributed by atoms with Crippen molar-refractivity contribution in [2.75, 3.05) is 0 Å². The summed E-state index contributed by atoms with van der Waals surface area (Å²) in [5.41, 5.74) is -0.158. The number of halogens is 6. The molecule has 1 saturated carbocycles. The quantitative estimate of drug-likeness (QED) is 0.187. The molecule has 0 saturated heterocycles. The molecule has 40 heavy (non-hydrogen) atoms. The van der Waals surface area contributed by atoms with Crippen molar-refractivity contribution < 1.29 is 26.3 Å². The lowest BCUT2D eigenvalue weighted by atomic mass is 9.91. The van der Waals surface area contributed by atoms with E-state index < -0.39 is 23.5 Å². The fraction of sp³-hybridized carbons (Fsp3) is 0.533. The first-order chi connectivity index (χ1) is 18.3. The Morgan fingerprint density at radius 3 is 1.27 bits per heavy atom. The van der Waals surface area contributed by atoms with Crippen LogP contribution in [0.1, 0.15) is 89.5 Å². The minimum absolute atomic E-state index is 0.173. The standard InChI is InChI=1S/C30H36F6N2S2/c1-27(2,3)39-25-15-21(29(31,32)33)13-11-19(25)17-37-23-9-7-8-10-24(23)38-18-20-12-14-22(30(34,35)36)16-26(20)40-28(4,5)6/h11-18,23-24H,7-10H2,1-6H3/b37-17+,38-18+. The van der Waals surface area contributed by atoms with Gasteiger partial charge in [-0.2, -0.15) is 26.3 Å². The third-order valence-corrected chi connectivity index (χ3v) is 8.39. The van der Waals surface area contributed by atoms with E-state index in [0.717, 1.165) is 37.8 Å². The zero-order valence-electron chi connectivity index (χ0n) is 23.6. The minimum atomic E-state index is -4.44. The van der Waals surface area contributed by atoms with Crippen LogP contribution in [0.3, 0.4) is 0 Å². The number of hydrogen-bond acceptors (Lipinski definition) is 4. The van der Waals surface area contributed by atoms with Crippen LogP contribution in [0.4, 0.5) is 26.3 Å². The van der Waals surface area contributed by atoms with Crippen LogP contribution in [0.15, 0.2) is 56.2 Å². The summed E-state index contributed by atoms with van der Waals surface area (Å²) in [5.74, 6) is 0. The molecule has 3 rings (SSSR count). The molecule has 10 heteroatoms. The Bertz CT molecular complexity index is 1130. The molecular weight excluding hydrogens is 566 g/mol. The number of hydrogen-bond donors (Lipinski definition) is 0. The molecule has 0 aliphatic heterocycles. The first kappa shape index (κ1) is 32.6. The molecule has 0 spiro atoms. The highest BCUT2D eigenvalue weighted by Gasteiger charge is 2.33. The van der Waals surface area contributed by atoms with E-state index in [1.165, 1.54) is 47.8 Å². The molecule has 0 bridgehead atoms. The number of aliphatic imine (C=N–C) groups is 2. The number of alkyl halides is 6. The van der Waals surface area contributed by atoms with Crippen molar-refractivity contribution in [2.45, 2.75) is 111 Å². The van der Waals surface area contributed by atoms with E-state index in [1.54, 1.807) is 12.4 Å². The number of benzene rings is 2. The second-order valence-electron chi connectivity index (χ2n) is 11.9. The topological polar surface area (TPSA) is 24.7 Å². The molecule has 2 aromatic rings. The first-order valence-electron chi connectivity index (χ1n) is 13.2. The molecule has 2 aromatic carbocycles. The predicted molar refractivity (Wildman–Crippen MR) is 155 cm³/mol. The van der Waals surface area contributed by atoms with Gasteiger partial charge in [0.05, 0.1) is 23.2 Å². The molecule has 220 valence electrons. The smallest absolute Gasteiger partial charge is 0.287 e. The van der Waals surface area contributed by atoms with Crippen LogP contribution in [0, 0.1) is 0 Å². The zero-order valence-corrected chi connectivity index (χ0v) is 25.2. The van der Waals surface area contributed by atoms with Gasteiger partial charge in [0.25, 0.3) is 0 Å². The van der Waals surface area contributed by atoms with Gasteiger partial charge in [-0.25, -0.2) is 0 Å². The monoisotopic (exact) mass is 602 g/mol. The van der Waals surface area contributed by atoms with E-state index in [2.05, 4.69) is 0 Å². The second kappa shape index (κ2) is 12.5.